The van der Waals surface area contributed by atoms with Crippen LogP contribution in [0.4, 0.5) is 0 Å². The summed E-state index contributed by atoms with van der Waals surface area (Å²) in [4.78, 5) is 13.6. The predicted octanol–water partition coefficient (Wildman–Crippen LogP) is 2.23. The molecule has 0 bridgehead atoms. The van der Waals surface area contributed by atoms with Crippen molar-refractivity contribution in [3.63, 3.8) is 0 Å². The summed E-state index contributed by atoms with van der Waals surface area (Å²) in [6.07, 6.45) is 2.72. The van der Waals surface area contributed by atoms with Gasteiger partial charge in [0.05, 0.1) is 13.5 Å². The zero-order chi connectivity index (χ0) is 12.1. The molecule has 3 heteroatoms. The summed E-state index contributed by atoms with van der Waals surface area (Å²) in [6.45, 7) is 10.7. The lowest BCUT2D eigenvalue weighted by Crippen LogP contribution is -2.40. The molecule has 0 aromatic rings. The van der Waals surface area contributed by atoms with Gasteiger partial charge in [-0.15, -0.1) is 0 Å². The topological polar surface area (TPSA) is 29.5 Å². The smallest absolute Gasteiger partial charge is 0.309 e. The summed E-state index contributed by atoms with van der Waals surface area (Å²) >= 11 is 0. The number of rotatable bonds is 4. The van der Waals surface area contributed by atoms with Gasteiger partial charge >= 0.3 is 5.97 Å². The van der Waals surface area contributed by atoms with E-state index in [0.29, 0.717) is 18.4 Å². The average Bonchev–Trinajstić information content (AvgIpc) is 2.28. The Hall–Kier alpha value is -0.830. The maximum Gasteiger partial charge on any atom is 0.309 e. The molecule has 1 unspecified atom stereocenters. The van der Waals surface area contributed by atoms with E-state index in [-0.39, 0.29) is 5.97 Å². The molecule has 1 rings (SSSR count). The van der Waals surface area contributed by atoms with Gasteiger partial charge < -0.3 is 9.64 Å². The molecule has 1 saturated heterocycles. The van der Waals surface area contributed by atoms with Gasteiger partial charge in [-0.05, 0) is 39.2 Å². The normalized spacial score (nSPS) is 22.1. The molecule has 0 saturated carbocycles. The van der Waals surface area contributed by atoms with Crippen LogP contribution in [0.1, 0.15) is 33.1 Å². The largest absolute Gasteiger partial charge is 0.469 e. The molecule has 0 spiro atoms. The highest BCUT2D eigenvalue weighted by molar-refractivity contribution is 5.72. The number of carbonyl (C=O) groups is 1. The summed E-state index contributed by atoms with van der Waals surface area (Å²) in [5.41, 5.74) is 1.03. The van der Waals surface area contributed by atoms with Crippen molar-refractivity contribution in [2.24, 2.45) is 5.92 Å². The summed E-state index contributed by atoms with van der Waals surface area (Å²) in [5.74, 6) is 0.280. The molecule has 0 aliphatic carbocycles. The lowest BCUT2D eigenvalue weighted by atomic mass is 9.89. The van der Waals surface area contributed by atoms with Gasteiger partial charge in [0.15, 0.2) is 0 Å². The summed E-state index contributed by atoms with van der Waals surface area (Å²) in [7, 11) is 1.43. The third kappa shape index (κ3) is 3.63. The Morgan fingerprint density at radius 1 is 1.56 bits per heavy atom. The molecule has 92 valence electrons. The van der Waals surface area contributed by atoms with E-state index in [0.717, 1.165) is 18.5 Å². The van der Waals surface area contributed by atoms with Gasteiger partial charge in [0, 0.05) is 12.6 Å². The Balaban J connectivity index is 2.47. The van der Waals surface area contributed by atoms with Crippen LogP contribution < -0.4 is 0 Å². The minimum absolute atomic E-state index is 0.174. The van der Waals surface area contributed by atoms with Crippen molar-refractivity contribution in [2.75, 3.05) is 20.2 Å². The maximum atomic E-state index is 11.2. The van der Waals surface area contributed by atoms with Gasteiger partial charge in [-0.1, -0.05) is 12.2 Å². The van der Waals surface area contributed by atoms with Crippen molar-refractivity contribution in [1.82, 2.24) is 4.90 Å². The molecule has 0 N–H and O–H groups in total. The first-order valence-corrected chi connectivity index (χ1v) is 6.03. The second kappa shape index (κ2) is 6.04. The number of piperidine rings is 1. The van der Waals surface area contributed by atoms with Crippen LogP contribution in [-0.4, -0.2) is 37.1 Å². The van der Waals surface area contributed by atoms with E-state index >= 15 is 0 Å². The third-order valence-corrected chi connectivity index (χ3v) is 3.36. The summed E-state index contributed by atoms with van der Waals surface area (Å²) < 4.78 is 4.67. The van der Waals surface area contributed by atoms with Crippen LogP contribution in [0.15, 0.2) is 12.2 Å². The van der Waals surface area contributed by atoms with Gasteiger partial charge in [-0.3, -0.25) is 4.79 Å². The lowest BCUT2D eigenvalue weighted by molar-refractivity contribution is -0.139. The quantitative estimate of drug-likeness (QED) is 0.543. The zero-order valence-electron chi connectivity index (χ0n) is 10.7. The monoisotopic (exact) mass is 225 g/mol. The Labute approximate surface area is 98.5 Å². The number of likely N-dealkylation sites (tertiary alicyclic amines) is 1. The SMILES string of the molecule is C=C(CC(=O)OC)C1CCCN(C(C)C)C1. The number of nitrogens with zero attached hydrogens (tertiary/aromatic N) is 1. The standard InChI is InChI=1S/C13H23NO2/c1-10(2)14-7-5-6-12(9-14)11(3)8-13(15)16-4/h10,12H,3,5-9H2,1-2,4H3. The minimum Gasteiger partial charge on any atom is -0.469 e. The van der Waals surface area contributed by atoms with E-state index in [2.05, 4.69) is 30.1 Å². The lowest BCUT2D eigenvalue weighted by Gasteiger charge is -2.36. The first kappa shape index (κ1) is 13.2. The van der Waals surface area contributed by atoms with Crippen LogP contribution in [0, 0.1) is 5.92 Å². The van der Waals surface area contributed by atoms with Crippen LogP contribution >= 0.6 is 0 Å². The van der Waals surface area contributed by atoms with E-state index in [1.54, 1.807) is 0 Å². The summed E-state index contributed by atoms with van der Waals surface area (Å²) in [6, 6.07) is 0.578. The Bertz CT molecular complexity index is 261. The molecule has 0 aromatic heterocycles. The first-order valence-electron chi connectivity index (χ1n) is 6.03. The molecular weight excluding hydrogens is 202 g/mol. The highest BCUT2D eigenvalue weighted by Crippen LogP contribution is 2.25. The van der Waals surface area contributed by atoms with E-state index < -0.39 is 0 Å². The molecule has 1 atom stereocenters. The molecule has 16 heavy (non-hydrogen) atoms. The Morgan fingerprint density at radius 3 is 2.81 bits per heavy atom. The zero-order valence-corrected chi connectivity index (χ0v) is 10.7. The minimum atomic E-state index is -0.174. The predicted molar refractivity (Wildman–Crippen MR) is 65.2 cm³/mol. The number of ether oxygens (including phenoxy) is 1. The van der Waals surface area contributed by atoms with Crippen molar-refractivity contribution < 1.29 is 9.53 Å². The van der Waals surface area contributed by atoms with Crippen LogP contribution in [0.5, 0.6) is 0 Å². The Morgan fingerprint density at radius 2 is 2.25 bits per heavy atom. The Kier molecular flexibility index (Phi) is 5.00. The molecule has 1 aliphatic heterocycles. The van der Waals surface area contributed by atoms with Crippen molar-refractivity contribution in [1.29, 1.82) is 0 Å². The molecule has 1 heterocycles. The van der Waals surface area contributed by atoms with Crippen LogP contribution in [0.2, 0.25) is 0 Å². The molecule has 3 nitrogen and oxygen atoms in total. The van der Waals surface area contributed by atoms with Gasteiger partial charge in [0.25, 0.3) is 0 Å². The number of methoxy groups -OCH3 is 1. The maximum absolute atomic E-state index is 11.2. The molecule has 0 aromatic carbocycles. The van der Waals surface area contributed by atoms with Gasteiger partial charge in [-0.25, -0.2) is 0 Å². The van der Waals surface area contributed by atoms with Gasteiger partial charge in [-0.2, -0.15) is 0 Å². The van der Waals surface area contributed by atoms with Crippen LogP contribution in [0.3, 0.4) is 0 Å². The van der Waals surface area contributed by atoms with E-state index in [4.69, 9.17) is 0 Å². The average molecular weight is 225 g/mol. The summed E-state index contributed by atoms with van der Waals surface area (Å²) in [5, 5.41) is 0. The first-order chi connectivity index (χ1) is 7.54. The van der Waals surface area contributed by atoms with E-state index in [1.807, 2.05) is 0 Å². The molecular formula is C13H23NO2. The van der Waals surface area contributed by atoms with Crippen molar-refractivity contribution >= 4 is 5.97 Å². The van der Waals surface area contributed by atoms with Crippen molar-refractivity contribution in [3.8, 4) is 0 Å². The van der Waals surface area contributed by atoms with Gasteiger partial charge in [0.1, 0.15) is 0 Å². The van der Waals surface area contributed by atoms with E-state index in [1.165, 1.54) is 20.1 Å². The number of hydrogen-bond donors (Lipinski definition) is 0. The number of hydrogen-bond acceptors (Lipinski definition) is 3. The highest BCUT2D eigenvalue weighted by Gasteiger charge is 2.24. The highest BCUT2D eigenvalue weighted by atomic mass is 16.5. The number of esters is 1. The van der Waals surface area contributed by atoms with Crippen LogP contribution in [-0.2, 0) is 9.53 Å². The molecule has 1 aliphatic rings. The molecule has 1 fully saturated rings. The van der Waals surface area contributed by atoms with Crippen LogP contribution in [0.25, 0.3) is 0 Å². The number of carbonyl (C=O) groups excluding carboxylic acids is 1. The fraction of sp³-hybridized carbons (Fsp3) is 0.769. The van der Waals surface area contributed by atoms with Crippen molar-refractivity contribution in [2.45, 2.75) is 39.2 Å². The second-order valence-corrected chi connectivity index (χ2v) is 4.84. The second-order valence-electron chi connectivity index (χ2n) is 4.84. The fourth-order valence-corrected chi connectivity index (χ4v) is 2.21. The fourth-order valence-electron chi connectivity index (χ4n) is 2.21. The van der Waals surface area contributed by atoms with E-state index in [9.17, 15) is 4.79 Å². The van der Waals surface area contributed by atoms with Crippen molar-refractivity contribution in [3.05, 3.63) is 12.2 Å². The molecule has 0 amide bonds. The third-order valence-electron chi connectivity index (χ3n) is 3.36. The van der Waals surface area contributed by atoms with Gasteiger partial charge in [0.2, 0.25) is 0 Å². The molecule has 0 radical (unpaired) electrons.